The van der Waals surface area contributed by atoms with Crippen molar-refractivity contribution >= 4 is 0 Å². The van der Waals surface area contributed by atoms with Crippen LogP contribution < -0.4 is 5.32 Å². The van der Waals surface area contributed by atoms with Crippen molar-refractivity contribution in [2.24, 2.45) is 11.8 Å². The molecule has 0 amide bonds. The molecule has 1 heteroatoms. The van der Waals surface area contributed by atoms with Gasteiger partial charge in [-0.3, -0.25) is 0 Å². The van der Waals surface area contributed by atoms with Gasteiger partial charge in [-0.15, -0.1) is 0 Å². The van der Waals surface area contributed by atoms with E-state index in [9.17, 15) is 0 Å². The summed E-state index contributed by atoms with van der Waals surface area (Å²) in [6.45, 7) is 11.1. The van der Waals surface area contributed by atoms with E-state index in [4.69, 9.17) is 0 Å². The maximum Gasteiger partial charge on any atom is -0.00231 e. The molecule has 1 saturated heterocycles. The number of hydrogen-bond acceptors (Lipinski definition) is 1. The number of hydrogen-bond donors (Lipinski definition) is 1. The van der Waals surface area contributed by atoms with Crippen LogP contribution in [-0.4, -0.2) is 13.1 Å². The van der Waals surface area contributed by atoms with Crippen LogP contribution in [0.2, 0.25) is 0 Å². The van der Waals surface area contributed by atoms with E-state index in [1.165, 1.54) is 32.4 Å². The molecule has 1 N–H and O–H groups in total. The second-order valence-corrected chi connectivity index (χ2v) is 3.61. The van der Waals surface area contributed by atoms with Gasteiger partial charge in [-0.05, 0) is 37.8 Å². The minimum atomic E-state index is 0.896. The fourth-order valence-electron chi connectivity index (χ4n) is 1.80. The van der Waals surface area contributed by atoms with E-state index in [0.717, 1.165) is 11.8 Å². The molecule has 1 heterocycles. The molecular formula is C11H25N. The Labute approximate surface area is 77.9 Å². The van der Waals surface area contributed by atoms with Gasteiger partial charge in [-0.1, -0.05) is 34.1 Å². The van der Waals surface area contributed by atoms with Gasteiger partial charge in [-0.2, -0.15) is 0 Å². The van der Waals surface area contributed by atoms with Crippen molar-refractivity contribution < 1.29 is 0 Å². The summed E-state index contributed by atoms with van der Waals surface area (Å²) in [5.74, 6) is 1.89. The highest BCUT2D eigenvalue weighted by Crippen LogP contribution is 2.20. The molecule has 1 nitrogen and oxygen atoms in total. The van der Waals surface area contributed by atoms with Crippen molar-refractivity contribution in [3.05, 3.63) is 0 Å². The second kappa shape index (κ2) is 7.60. The molecule has 1 aliphatic heterocycles. The van der Waals surface area contributed by atoms with Gasteiger partial charge >= 0.3 is 0 Å². The minimum absolute atomic E-state index is 0.896. The molecule has 1 aliphatic rings. The van der Waals surface area contributed by atoms with Gasteiger partial charge in [0.15, 0.2) is 0 Å². The van der Waals surface area contributed by atoms with E-state index in [-0.39, 0.29) is 0 Å². The Kier molecular flexibility index (Phi) is 7.58. The first-order valence-electron chi connectivity index (χ1n) is 5.53. The molecule has 0 aromatic carbocycles. The van der Waals surface area contributed by atoms with E-state index in [1.807, 2.05) is 13.8 Å². The Morgan fingerprint density at radius 3 is 2.58 bits per heavy atom. The molecule has 0 bridgehead atoms. The highest BCUT2D eigenvalue weighted by atomic mass is 14.9. The molecule has 0 aliphatic carbocycles. The average molecular weight is 171 g/mol. The Morgan fingerprint density at radius 2 is 2.00 bits per heavy atom. The van der Waals surface area contributed by atoms with Crippen LogP contribution >= 0.6 is 0 Å². The van der Waals surface area contributed by atoms with Gasteiger partial charge in [0.25, 0.3) is 0 Å². The Bertz CT molecular complexity index is 91.0. The van der Waals surface area contributed by atoms with Crippen LogP contribution in [0.3, 0.4) is 0 Å². The molecule has 0 aromatic heterocycles. The summed E-state index contributed by atoms with van der Waals surface area (Å²) in [7, 11) is 0. The zero-order chi connectivity index (χ0) is 9.40. The molecule has 0 spiro atoms. The maximum absolute atomic E-state index is 3.46. The molecule has 1 rings (SSSR count). The zero-order valence-corrected chi connectivity index (χ0v) is 9.19. The maximum atomic E-state index is 3.46. The summed E-state index contributed by atoms with van der Waals surface area (Å²) in [6, 6.07) is 0. The molecule has 74 valence electrons. The smallest absolute Gasteiger partial charge is 0.00231 e. The van der Waals surface area contributed by atoms with Crippen molar-refractivity contribution in [2.75, 3.05) is 13.1 Å². The number of nitrogens with one attached hydrogen (secondary N) is 1. The second-order valence-electron chi connectivity index (χ2n) is 3.61. The normalized spacial score (nSPS) is 30.0. The predicted octanol–water partition coefficient (Wildman–Crippen LogP) is 3.06. The summed E-state index contributed by atoms with van der Waals surface area (Å²) >= 11 is 0. The first-order chi connectivity index (χ1) is 5.83. The highest BCUT2D eigenvalue weighted by Gasteiger charge is 2.14. The van der Waals surface area contributed by atoms with Gasteiger partial charge < -0.3 is 5.32 Å². The Balaban J connectivity index is 0.000000561. The van der Waals surface area contributed by atoms with Gasteiger partial charge in [0.05, 0.1) is 0 Å². The largest absolute Gasteiger partial charge is 0.316 e. The van der Waals surface area contributed by atoms with Crippen LogP contribution in [0.4, 0.5) is 0 Å². The topological polar surface area (TPSA) is 12.0 Å². The molecule has 12 heavy (non-hydrogen) atoms. The van der Waals surface area contributed by atoms with E-state index >= 15 is 0 Å². The van der Waals surface area contributed by atoms with Crippen LogP contribution in [0.1, 0.15) is 47.0 Å². The Morgan fingerprint density at radius 1 is 1.33 bits per heavy atom. The van der Waals surface area contributed by atoms with Crippen LogP contribution in [0.15, 0.2) is 0 Å². The molecule has 0 aromatic rings. The Hall–Kier alpha value is -0.0400. The van der Waals surface area contributed by atoms with Gasteiger partial charge in [-0.25, -0.2) is 0 Å². The summed E-state index contributed by atoms with van der Waals surface area (Å²) in [6.07, 6.45) is 4.19. The third-order valence-electron chi connectivity index (χ3n) is 2.54. The molecule has 0 saturated carbocycles. The minimum Gasteiger partial charge on any atom is -0.316 e. The van der Waals surface area contributed by atoms with Gasteiger partial charge in [0.2, 0.25) is 0 Å². The van der Waals surface area contributed by atoms with Crippen molar-refractivity contribution in [3.63, 3.8) is 0 Å². The molecule has 1 fully saturated rings. The van der Waals surface area contributed by atoms with Crippen LogP contribution in [0.25, 0.3) is 0 Å². The van der Waals surface area contributed by atoms with Crippen molar-refractivity contribution in [1.29, 1.82) is 0 Å². The standard InChI is InChI=1S/C9H19N.C2H6/c1-3-9-4-5-10-7-8(2)6-9;1-2/h8-10H,3-7H2,1-2H3;1-2H3. The van der Waals surface area contributed by atoms with Crippen molar-refractivity contribution in [1.82, 2.24) is 5.32 Å². The van der Waals surface area contributed by atoms with E-state index < -0.39 is 0 Å². The SMILES string of the molecule is CC.CCC1CCNCC(C)C1. The summed E-state index contributed by atoms with van der Waals surface area (Å²) < 4.78 is 0. The van der Waals surface area contributed by atoms with Gasteiger partial charge in [0, 0.05) is 0 Å². The quantitative estimate of drug-likeness (QED) is 0.639. The average Bonchev–Trinajstić information content (AvgIpc) is 2.33. The predicted molar refractivity (Wildman–Crippen MR) is 56.4 cm³/mol. The molecule has 2 atom stereocenters. The lowest BCUT2D eigenvalue weighted by atomic mass is 9.93. The molecule has 0 radical (unpaired) electrons. The summed E-state index contributed by atoms with van der Waals surface area (Å²) in [5.41, 5.74) is 0. The van der Waals surface area contributed by atoms with Crippen LogP contribution in [-0.2, 0) is 0 Å². The lowest BCUT2D eigenvalue weighted by molar-refractivity contribution is 0.400. The third-order valence-corrected chi connectivity index (χ3v) is 2.54. The molecule has 2 unspecified atom stereocenters. The fraction of sp³-hybridized carbons (Fsp3) is 1.00. The lowest BCUT2D eigenvalue weighted by Gasteiger charge is -2.13. The lowest BCUT2D eigenvalue weighted by Crippen LogP contribution is -2.18. The summed E-state index contributed by atoms with van der Waals surface area (Å²) in [5, 5.41) is 3.46. The monoisotopic (exact) mass is 171 g/mol. The van der Waals surface area contributed by atoms with Gasteiger partial charge in [0.1, 0.15) is 0 Å². The number of rotatable bonds is 1. The van der Waals surface area contributed by atoms with E-state index in [2.05, 4.69) is 19.2 Å². The highest BCUT2D eigenvalue weighted by molar-refractivity contribution is 4.69. The van der Waals surface area contributed by atoms with Crippen LogP contribution in [0.5, 0.6) is 0 Å². The first-order valence-corrected chi connectivity index (χ1v) is 5.53. The van der Waals surface area contributed by atoms with Crippen molar-refractivity contribution in [3.8, 4) is 0 Å². The van der Waals surface area contributed by atoms with E-state index in [0.29, 0.717) is 0 Å². The first kappa shape index (κ1) is 12.0. The fourth-order valence-corrected chi connectivity index (χ4v) is 1.80. The zero-order valence-electron chi connectivity index (χ0n) is 9.19. The summed E-state index contributed by atoms with van der Waals surface area (Å²) in [4.78, 5) is 0. The van der Waals surface area contributed by atoms with E-state index in [1.54, 1.807) is 0 Å². The molecular weight excluding hydrogens is 146 g/mol. The van der Waals surface area contributed by atoms with Crippen molar-refractivity contribution in [2.45, 2.75) is 47.0 Å². The van der Waals surface area contributed by atoms with Crippen LogP contribution in [0, 0.1) is 11.8 Å². The third kappa shape index (κ3) is 4.76.